The minimum absolute atomic E-state index is 0.364. The van der Waals surface area contributed by atoms with E-state index in [2.05, 4.69) is 67.3 Å². The number of carbonyl (C=O) groups is 1. The first kappa shape index (κ1) is 23.6. The zero-order valence-corrected chi connectivity index (χ0v) is 20.8. The van der Waals surface area contributed by atoms with Crippen molar-refractivity contribution in [2.75, 3.05) is 6.54 Å². The number of nitrogens with zero attached hydrogens (tertiary/aromatic N) is 1. The molecule has 1 atom stereocenters. The Morgan fingerprint density at radius 3 is 2.57 bits per heavy atom. The van der Waals surface area contributed by atoms with Crippen molar-refractivity contribution in [2.24, 2.45) is 0 Å². The summed E-state index contributed by atoms with van der Waals surface area (Å²) in [5.74, 6) is 0.338. The molecule has 5 rings (SSSR count). The highest BCUT2D eigenvalue weighted by Gasteiger charge is 2.30. The first-order valence-corrected chi connectivity index (χ1v) is 12.9. The van der Waals surface area contributed by atoms with Gasteiger partial charge in [0.25, 0.3) is 0 Å². The lowest BCUT2D eigenvalue weighted by Crippen LogP contribution is -2.44. The van der Waals surface area contributed by atoms with Crippen molar-refractivity contribution in [1.82, 2.24) is 4.90 Å². The quantitative estimate of drug-likeness (QED) is 0.430. The summed E-state index contributed by atoms with van der Waals surface area (Å²) in [5.41, 5.74) is 10.1. The Balaban J connectivity index is 1.39. The molecule has 3 aromatic rings. The fourth-order valence-corrected chi connectivity index (χ4v) is 5.94. The lowest BCUT2D eigenvalue weighted by molar-refractivity contribution is -0.144. The molecular weight excluding hydrogens is 434 g/mol. The minimum atomic E-state index is -0.689. The third-order valence-electron chi connectivity index (χ3n) is 7.80. The second kappa shape index (κ2) is 10.2. The second-order valence-electron chi connectivity index (χ2n) is 10.1. The highest BCUT2D eigenvalue weighted by Crippen LogP contribution is 2.38. The van der Waals surface area contributed by atoms with E-state index in [0.717, 1.165) is 62.9 Å². The normalized spacial score (nSPS) is 17.8. The van der Waals surface area contributed by atoms with Crippen LogP contribution in [-0.2, 0) is 30.8 Å². The van der Waals surface area contributed by atoms with Crippen LogP contribution >= 0.6 is 0 Å². The number of hydrogen-bond donors (Lipinski definition) is 1. The third kappa shape index (κ3) is 4.85. The van der Waals surface area contributed by atoms with Gasteiger partial charge in [0.05, 0.1) is 0 Å². The van der Waals surface area contributed by atoms with Crippen molar-refractivity contribution in [2.45, 2.75) is 71.6 Å². The smallest absolute Gasteiger partial charge is 0.320 e. The molecule has 1 heterocycles. The summed E-state index contributed by atoms with van der Waals surface area (Å²) in [4.78, 5) is 14.0. The predicted molar refractivity (Wildman–Crippen MR) is 140 cm³/mol. The largest absolute Gasteiger partial charge is 0.488 e. The number of hydrogen-bond acceptors (Lipinski definition) is 3. The molecule has 182 valence electrons. The van der Waals surface area contributed by atoms with E-state index in [4.69, 9.17) is 4.74 Å². The van der Waals surface area contributed by atoms with Gasteiger partial charge in [-0.25, -0.2) is 0 Å². The fourth-order valence-electron chi connectivity index (χ4n) is 5.94. The van der Waals surface area contributed by atoms with Crippen LogP contribution in [0.3, 0.4) is 0 Å². The SMILES string of the molecule is Cc1cc(CN2CCCC[C@H]2C(=O)O)c2c(c1OCc1cccc(-c3ccccc3)c1C)CCC2. The van der Waals surface area contributed by atoms with E-state index in [9.17, 15) is 9.90 Å². The Morgan fingerprint density at radius 2 is 1.77 bits per heavy atom. The van der Waals surface area contributed by atoms with E-state index in [1.165, 1.54) is 38.9 Å². The van der Waals surface area contributed by atoms with Gasteiger partial charge in [-0.15, -0.1) is 0 Å². The van der Waals surface area contributed by atoms with Crippen LogP contribution in [0.5, 0.6) is 5.75 Å². The van der Waals surface area contributed by atoms with Crippen LogP contribution in [0.25, 0.3) is 11.1 Å². The molecule has 0 bridgehead atoms. The van der Waals surface area contributed by atoms with Gasteiger partial charge in [0.1, 0.15) is 18.4 Å². The molecule has 0 spiro atoms. The van der Waals surface area contributed by atoms with E-state index in [-0.39, 0.29) is 6.04 Å². The lowest BCUT2D eigenvalue weighted by atomic mass is 9.95. The molecule has 4 heteroatoms. The number of carboxylic acid groups (broad SMARTS) is 1. The van der Waals surface area contributed by atoms with Gasteiger partial charge in [0.2, 0.25) is 0 Å². The summed E-state index contributed by atoms with van der Waals surface area (Å²) in [5, 5.41) is 9.71. The number of carboxylic acids is 1. The Morgan fingerprint density at radius 1 is 0.971 bits per heavy atom. The molecule has 1 aliphatic carbocycles. The highest BCUT2D eigenvalue weighted by atomic mass is 16.5. The average molecular weight is 470 g/mol. The summed E-state index contributed by atoms with van der Waals surface area (Å²) < 4.78 is 6.53. The van der Waals surface area contributed by atoms with Crippen LogP contribution in [0.15, 0.2) is 54.6 Å². The maximum Gasteiger partial charge on any atom is 0.320 e. The van der Waals surface area contributed by atoms with Crippen LogP contribution in [0.1, 0.15) is 59.1 Å². The molecule has 1 N–H and O–H groups in total. The van der Waals surface area contributed by atoms with Crippen molar-refractivity contribution < 1.29 is 14.6 Å². The number of aryl methyl sites for hydroxylation is 1. The first-order valence-electron chi connectivity index (χ1n) is 12.9. The molecule has 1 saturated heterocycles. The zero-order chi connectivity index (χ0) is 24.4. The number of ether oxygens (including phenoxy) is 1. The van der Waals surface area contributed by atoms with Crippen molar-refractivity contribution in [3.8, 4) is 16.9 Å². The van der Waals surface area contributed by atoms with Gasteiger partial charge in [-0.1, -0.05) is 61.0 Å². The molecule has 2 aliphatic rings. The monoisotopic (exact) mass is 469 g/mol. The van der Waals surface area contributed by atoms with Gasteiger partial charge in [-0.3, -0.25) is 9.69 Å². The number of rotatable bonds is 7. The van der Waals surface area contributed by atoms with Crippen LogP contribution in [-0.4, -0.2) is 28.6 Å². The van der Waals surface area contributed by atoms with E-state index in [1.807, 2.05) is 6.07 Å². The maximum absolute atomic E-state index is 11.8. The number of benzene rings is 3. The van der Waals surface area contributed by atoms with Crippen molar-refractivity contribution in [3.63, 3.8) is 0 Å². The Labute approximate surface area is 208 Å². The number of likely N-dealkylation sites (tertiary alicyclic amines) is 1. The minimum Gasteiger partial charge on any atom is -0.488 e. The molecule has 35 heavy (non-hydrogen) atoms. The number of piperidine rings is 1. The predicted octanol–water partition coefficient (Wildman–Crippen LogP) is 6.48. The molecule has 0 aromatic heterocycles. The summed E-state index contributed by atoms with van der Waals surface area (Å²) in [6, 6.07) is 18.9. The van der Waals surface area contributed by atoms with Gasteiger partial charge in [-0.2, -0.15) is 0 Å². The second-order valence-corrected chi connectivity index (χ2v) is 10.1. The summed E-state index contributed by atoms with van der Waals surface area (Å²) in [6.45, 7) is 6.44. The molecule has 0 unspecified atom stereocenters. The van der Waals surface area contributed by atoms with E-state index in [0.29, 0.717) is 6.61 Å². The zero-order valence-electron chi connectivity index (χ0n) is 20.8. The van der Waals surface area contributed by atoms with Gasteiger partial charge < -0.3 is 9.84 Å². The van der Waals surface area contributed by atoms with Crippen LogP contribution < -0.4 is 4.74 Å². The summed E-state index contributed by atoms with van der Waals surface area (Å²) in [6.07, 6.45) is 6.04. The van der Waals surface area contributed by atoms with E-state index < -0.39 is 5.97 Å². The Kier molecular flexibility index (Phi) is 6.92. The molecule has 3 aromatic carbocycles. The van der Waals surface area contributed by atoms with E-state index >= 15 is 0 Å². The van der Waals surface area contributed by atoms with Gasteiger partial charge in [0, 0.05) is 6.54 Å². The molecule has 1 fully saturated rings. The van der Waals surface area contributed by atoms with Gasteiger partial charge in [0.15, 0.2) is 0 Å². The molecule has 1 aliphatic heterocycles. The topological polar surface area (TPSA) is 49.8 Å². The van der Waals surface area contributed by atoms with E-state index in [1.54, 1.807) is 0 Å². The lowest BCUT2D eigenvalue weighted by Gasteiger charge is -2.33. The Bertz CT molecular complexity index is 1220. The molecule has 0 saturated carbocycles. The van der Waals surface area contributed by atoms with Crippen LogP contribution in [0, 0.1) is 13.8 Å². The summed E-state index contributed by atoms with van der Waals surface area (Å²) >= 11 is 0. The highest BCUT2D eigenvalue weighted by molar-refractivity contribution is 5.73. The molecular formula is C31H35NO3. The third-order valence-corrected chi connectivity index (χ3v) is 7.80. The number of aliphatic carboxylic acids is 1. The van der Waals surface area contributed by atoms with Gasteiger partial charge >= 0.3 is 5.97 Å². The first-order chi connectivity index (χ1) is 17.0. The van der Waals surface area contributed by atoms with Crippen molar-refractivity contribution in [1.29, 1.82) is 0 Å². The molecule has 0 amide bonds. The standard InChI is InChI=1S/C31H35NO3/c1-21-18-25(19-32-17-7-6-16-29(32)31(33)34)27-14-9-15-28(27)30(21)35-20-24-12-8-13-26(22(24)2)23-10-4-3-5-11-23/h3-5,8,10-13,18,29H,6-7,9,14-17,19-20H2,1-2H3,(H,33,34)/t29-/m0/s1. The van der Waals surface area contributed by atoms with Crippen LogP contribution in [0.2, 0.25) is 0 Å². The maximum atomic E-state index is 11.8. The average Bonchev–Trinajstić information content (AvgIpc) is 3.35. The van der Waals surface area contributed by atoms with Crippen molar-refractivity contribution >= 4 is 5.97 Å². The molecule has 0 radical (unpaired) electrons. The van der Waals surface area contributed by atoms with Crippen molar-refractivity contribution in [3.05, 3.63) is 88.0 Å². The number of fused-ring (bicyclic) bond motifs is 1. The summed E-state index contributed by atoms with van der Waals surface area (Å²) in [7, 11) is 0. The molecule has 4 nitrogen and oxygen atoms in total. The van der Waals surface area contributed by atoms with Crippen LogP contribution in [0.4, 0.5) is 0 Å². The fraction of sp³-hybridized carbons (Fsp3) is 0.387. The van der Waals surface area contributed by atoms with Gasteiger partial charge in [-0.05, 0) is 97.0 Å². The Hall–Kier alpha value is -3.11.